The summed E-state index contributed by atoms with van der Waals surface area (Å²) in [5.41, 5.74) is -1.20. The Bertz CT molecular complexity index is 1060. The Morgan fingerprint density at radius 3 is 2.08 bits per heavy atom. The Labute approximate surface area is 213 Å². The molecule has 2 aliphatic heterocycles. The van der Waals surface area contributed by atoms with Crippen LogP contribution < -0.4 is 10.8 Å². The Kier molecular flexibility index (Phi) is 7.79. The van der Waals surface area contributed by atoms with Gasteiger partial charge in [-0.1, -0.05) is 0 Å². The van der Waals surface area contributed by atoms with Crippen molar-refractivity contribution < 1.29 is 32.1 Å². The van der Waals surface area contributed by atoms with Crippen molar-refractivity contribution >= 4 is 34.4 Å². The van der Waals surface area contributed by atoms with Gasteiger partial charge in [-0.25, -0.2) is 23.2 Å². The third-order valence-electron chi connectivity index (χ3n) is 6.72. The number of sulfone groups is 1. The van der Waals surface area contributed by atoms with Crippen LogP contribution in [0, 0.1) is 0 Å². The van der Waals surface area contributed by atoms with E-state index < -0.39 is 51.1 Å². The number of nitrogens with zero attached hydrogens (tertiary/aromatic N) is 3. The Balaban J connectivity index is 1.58. The fourth-order valence-electron chi connectivity index (χ4n) is 3.93. The van der Waals surface area contributed by atoms with Crippen LogP contribution in [0.1, 0.15) is 68.2 Å². The predicted octanol–water partition coefficient (Wildman–Crippen LogP) is 1.45. The largest absolute Gasteiger partial charge is 0.498 e. The zero-order valence-corrected chi connectivity index (χ0v) is 23.1. The standard InChI is InChI=1S/C23H37BN4O7S/c1-15(27-20(30)33-21(2,3)4)18(29)28-11-9-17(10-12-28)36(31,32)19-25-13-16(14-26-19)24-34-22(5,6)23(7,8)35-24/h13-15,17H,9-12H2,1-8H3,(H,27,30)/t15-/m0/s1. The summed E-state index contributed by atoms with van der Waals surface area (Å²) in [6, 6.07) is -0.793. The highest BCUT2D eigenvalue weighted by Gasteiger charge is 2.52. The van der Waals surface area contributed by atoms with Crippen molar-refractivity contribution in [2.45, 2.75) is 101 Å². The average Bonchev–Trinajstić information content (AvgIpc) is 2.99. The van der Waals surface area contributed by atoms with E-state index in [1.54, 1.807) is 32.6 Å². The molecule has 36 heavy (non-hydrogen) atoms. The highest BCUT2D eigenvalue weighted by Crippen LogP contribution is 2.36. The summed E-state index contributed by atoms with van der Waals surface area (Å²) in [5, 5.41) is 1.56. The zero-order valence-electron chi connectivity index (χ0n) is 22.3. The van der Waals surface area contributed by atoms with Gasteiger partial charge in [0.25, 0.3) is 0 Å². The van der Waals surface area contributed by atoms with Crippen molar-refractivity contribution in [2.75, 3.05) is 13.1 Å². The maximum atomic E-state index is 13.2. The van der Waals surface area contributed by atoms with Crippen LogP contribution in [0.15, 0.2) is 17.6 Å². The highest BCUT2D eigenvalue weighted by molar-refractivity contribution is 7.91. The fraction of sp³-hybridized carbons (Fsp3) is 0.739. The molecule has 2 fully saturated rings. The average molecular weight is 524 g/mol. The van der Waals surface area contributed by atoms with Gasteiger partial charge in [0.15, 0.2) is 0 Å². The van der Waals surface area contributed by atoms with Gasteiger partial charge in [0.2, 0.25) is 20.9 Å². The molecule has 13 heteroatoms. The highest BCUT2D eigenvalue weighted by atomic mass is 32.2. The summed E-state index contributed by atoms with van der Waals surface area (Å²) in [6.45, 7) is 15.0. The van der Waals surface area contributed by atoms with Crippen LogP contribution >= 0.6 is 0 Å². The van der Waals surface area contributed by atoms with Gasteiger partial charge in [0, 0.05) is 30.9 Å². The minimum atomic E-state index is -3.79. The molecule has 3 heterocycles. The number of hydrogen-bond donors (Lipinski definition) is 1. The second-order valence-corrected chi connectivity index (χ2v) is 13.4. The van der Waals surface area contributed by atoms with Crippen molar-refractivity contribution in [3.8, 4) is 0 Å². The molecule has 2 saturated heterocycles. The van der Waals surface area contributed by atoms with Gasteiger partial charge in [-0.15, -0.1) is 0 Å². The smallest absolute Gasteiger partial charge is 0.444 e. The molecule has 0 spiro atoms. The van der Waals surface area contributed by atoms with Gasteiger partial charge in [0.05, 0.1) is 16.5 Å². The fourth-order valence-corrected chi connectivity index (χ4v) is 5.46. The lowest BCUT2D eigenvalue weighted by Crippen LogP contribution is -2.51. The number of rotatable bonds is 5. The number of aromatic nitrogens is 2. The lowest BCUT2D eigenvalue weighted by Gasteiger charge is -2.33. The molecule has 0 radical (unpaired) electrons. The summed E-state index contributed by atoms with van der Waals surface area (Å²) in [6.07, 6.45) is 2.66. The van der Waals surface area contributed by atoms with E-state index >= 15 is 0 Å². The van der Waals surface area contributed by atoms with Crippen molar-refractivity contribution in [3.05, 3.63) is 12.4 Å². The van der Waals surface area contributed by atoms with Gasteiger partial charge >= 0.3 is 13.2 Å². The molecule has 2 amide bonds. The second kappa shape index (κ2) is 9.90. The predicted molar refractivity (Wildman–Crippen MR) is 133 cm³/mol. The molecule has 0 bridgehead atoms. The van der Waals surface area contributed by atoms with Crippen LogP contribution in [-0.4, -0.2) is 83.6 Å². The van der Waals surface area contributed by atoms with Gasteiger partial charge in [-0.2, -0.15) is 0 Å². The van der Waals surface area contributed by atoms with E-state index in [0.717, 1.165) is 0 Å². The molecule has 11 nitrogen and oxygen atoms in total. The second-order valence-electron chi connectivity index (χ2n) is 11.3. The quantitative estimate of drug-likeness (QED) is 0.448. The minimum Gasteiger partial charge on any atom is -0.444 e. The Morgan fingerprint density at radius 2 is 1.61 bits per heavy atom. The SMILES string of the molecule is C[C@H](NC(=O)OC(C)(C)C)C(=O)N1CCC(S(=O)(=O)c2ncc(B3OC(C)(C)C(C)(C)O3)cn2)CC1. The summed E-state index contributed by atoms with van der Waals surface area (Å²) < 4.78 is 43.4. The molecule has 200 valence electrons. The maximum absolute atomic E-state index is 13.2. The lowest BCUT2D eigenvalue weighted by atomic mass is 9.81. The molecule has 1 aromatic rings. The van der Waals surface area contributed by atoms with Crippen LogP contribution in [-0.2, 0) is 28.7 Å². The maximum Gasteiger partial charge on any atom is 0.498 e. The Hall–Kier alpha value is -2.25. The summed E-state index contributed by atoms with van der Waals surface area (Å²) in [4.78, 5) is 34.5. The van der Waals surface area contributed by atoms with E-state index in [1.165, 1.54) is 12.4 Å². The van der Waals surface area contributed by atoms with Crippen molar-refractivity contribution in [1.29, 1.82) is 0 Å². The molecule has 1 N–H and O–H groups in total. The summed E-state index contributed by atoms with van der Waals surface area (Å²) in [5.74, 6) is -0.292. The topological polar surface area (TPSA) is 137 Å². The van der Waals surface area contributed by atoms with Gasteiger partial charge in [-0.3, -0.25) is 4.79 Å². The molecule has 1 atom stereocenters. The first-order valence-electron chi connectivity index (χ1n) is 12.1. The van der Waals surface area contributed by atoms with Crippen LogP contribution in [0.4, 0.5) is 4.79 Å². The van der Waals surface area contributed by atoms with Crippen LogP contribution in [0.25, 0.3) is 0 Å². The van der Waals surface area contributed by atoms with E-state index in [4.69, 9.17) is 14.0 Å². The monoisotopic (exact) mass is 524 g/mol. The number of carbonyl (C=O) groups excluding carboxylic acids is 2. The van der Waals surface area contributed by atoms with E-state index in [1.807, 2.05) is 27.7 Å². The summed E-state index contributed by atoms with van der Waals surface area (Å²) >= 11 is 0. The van der Waals surface area contributed by atoms with Gasteiger partial charge in [0.1, 0.15) is 11.6 Å². The van der Waals surface area contributed by atoms with Crippen molar-refractivity contribution in [1.82, 2.24) is 20.2 Å². The molecule has 3 rings (SSSR count). The molecular formula is C23H37BN4O7S. The first-order chi connectivity index (χ1) is 16.4. The number of carbonyl (C=O) groups is 2. The molecule has 0 aromatic carbocycles. The molecule has 0 unspecified atom stereocenters. The number of piperidine rings is 1. The first-order valence-corrected chi connectivity index (χ1v) is 13.7. The third-order valence-corrected chi connectivity index (χ3v) is 8.79. The number of ether oxygens (including phenoxy) is 1. The molecular weight excluding hydrogens is 487 g/mol. The number of alkyl carbamates (subject to hydrolysis) is 1. The normalized spacial score (nSPS) is 21.2. The van der Waals surface area contributed by atoms with E-state index in [9.17, 15) is 18.0 Å². The summed E-state index contributed by atoms with van der Waals surface area (Å²) in [7, 11) is -4.47. The first kappa shape index (κ1) is 28.3. The Morgan fingerprint density at radius 1 is 1.11 bits per heavy atom. The lowest BCUT2D eigenvalue weighted by molar-refractivity contribution is -0.133. The molecule has 1 aromatic heterocycles. The third kappa shape index (κ3) is 6.17. The number of hydrogen-bond acceptors (Lipinski definition) is 9. The van der Waals surface area contributed by atoms with E-state index in [2.05, 4.69) is 15.3 Å². The van der Waals surface area contributed by atoms with Gasteiger partial charge in [-0.05, 0) is 68.2 Å². The van der Waals surface area contributed by atoms with Crippen LogP contribution in [0.5, 0.6) is 0 Å². The number of likely N-dealkylation sites (tertiary alicyclic amines) is 1. The van der Waals surface area contributed by atoms with E-state index in [-0.39, 0.29) is 37.0 Å². The number of amides is 2. The van der Waals surface area contributed by atoms with E-state index in [0.29, 0.717) is 5.46 Å². The zero-order chi connectivity index (χ0) is 27.1. The number of nitrogens with one attached hydrogen (secondary N) is 1. The van der Waals surface area contributed by atoms with Gasteiger partial charge < -0.3 is 24.3 Å². The van der Waals surface area contributed by atoms with Crippen molar-refractivity contribution in [3.63, 3.8) is 0 Å². The molecule has 0 saturated carbocycles. The van der Waals surface area contributed by atoms with Crippen LogP contribution in [0.2, 0.25) is 0 Å². The minimum absolute atomic E-state index is 0.245. The van der Waals surface area contributed by atoms with Crippen molar-refractivity contribution in [2.24, 2.45) is 0 Å². The molecule has 2 aliphatic rings. The van der Waals surface area contributed by atoms with Crippen LogP contribution in [0.3, 0.4) is 0 Å². The molecule has 0 aliphatic carbocycles.